The molecule has 11 rings (SSSR count). The predicted octanol–water partition coefficient (Wildman–Crippen LogP) is 14.1. The van der Waals surface area contributed by atoms with Crippen molar-refractivity contribution in [3.8, 4) is 33.5 Å². The maximum absolute atomic E-state index is 6.44. The van der Waals surface area contributed by atoms with Crippen molar-refractivity contribution in [1.82, 2.24) is 4.98 Å². The van der Waals surface area contributed by atoms with Gasteiger partial charge in [0.15, 0.2) is 0 Å². The van der Waals surface area contributed by atoms with Crippen molar-refractivity contribution in [2.45, 2.75) is 5.41 Å². The molecule has 0 aliphatic heterocycles. The molecule has 2 heterocycles. The third-order valence-electron chi connectivity index (χ3n) is 11.6. The zero-order valence-corrected chi connectivity index (χ0v) is 31.1. The van der Waals surface area contributed by atoms with Gasteiger partial charge in [0.1, 0.15) is 11.2 Å². The Kier molecular flexibility index (Phi) is 7.71. The molecule has 1 aliphatic rings. The van der Waals surface area contributed by atoms with Crippen molar-refractivity contribution in [3.63, 3.8) is 0 Å². The molecule has 2 aromatic heterocycles. The predicted molar refractivity (Wildman–Crippen MR) is 234 cm³/mol. The Morgan fingerprint density at radius 3 is 1.70 bits per heavy atom. The lowest BCUT2D eigenvalue weighted by molar-refractivity contribution is 0.670. The lowest BCUT2D eigenvalue weighted by Gasteiger charge is -2.35. The molecule has 0 fully saturated rings. The molecular weight excluding hydrogens is 693 g/mol. The summed E-state index contributed by atoms with van der Waals surface area (Å²) in [7, 11) is 0. The molecule has 268 valence electrons. The van der Waals surface area contributed by atoms with Gasteiger partial charge in [-0.2, -0.15) is 0 Å². The van der Waals surface area contributed by atoms with E-state index in [4.69, 9.17) is 4.42 Å². The third-order valence-corrected chi connectivity index (χ3v) is 11.6. The Bertz CT molecular complexity index is 3010. The summed E-state index contributed by atoms with van der Waals surface area (Å²) in [6.45, 7) is 0. The molecule has 3 nitrogen and oxygen atoms in total. The normalized spacial score (nSPS) is 12.7. The molecule has 57 heavy (non-hydrogen) atoms. The lowest BCUT2D eigenvalue weighted by atomic mass is 9.67. The van der Waals surface area contributed by atoms with Crippen LogP contribution in [0.5, 0.6) is 0 Å². The van der Waals surface area contributed by atoms with E-state index in [0.717, 1.165) is 61.4 Å². The smallest absolute Gasteiger partial charge is 0.143 e. The molecule has 0 spiro atoms. The summed E-state index contributed by atoms with van der Waals surface area (Å²) in [6, 6.07) is 76.3. The zero-order chi connectivity index (χ0) is 37.8. The number of hydrogen-bond donors (Lipinski definition) is 0. The van der Waals surface area contributed by atoms with Crippen LogP contribution in [-0.2, 0) is 5.41 Å². The summed E-state index contributed by atoms with van der Waals surface area (Å²) in [4.78, 5) is 6.99. The Balaban J connectivity index is 1.09. The quantitative estimate of drug-likeness (QED) is 0.164. The van der Waals surface area contributed by atoms with E-state index in [1.807, 2.05) is 30.5 Å². The van der Waals surface area contributed by atoms with Gasteiger partial charge in [-0.3, -0.25) is 4.98 Å². The topological polar surface area (TPSA) is 29.3 Å². The molecule has 0 atom stereocenters. The minimum atomic E-state index is -0.506. The van der Waals surface area contributed by atoms with E-state index in [2.05, 4.69) is 198 Å². The molecule has 0 bridgehead atoms. The van der Waals surface area contributed by atoms with Crippen LogP contribution < -0.4 is 4.90 Å². The SMILES string of the molecule is c1ccc(C2(c3cccc(N(c4ccc(-c5ccccn5)cc4)c4ccc(-c5cccc6c5oc5ccccc56)cc4)c3)c3ccccc3-c3ccccc32)cc1. The van der Waals surface area contributed by atoms with Crippen LogP contribution in [0.2, 0.25) is 0 Å². The van der Waals surface area contributed by atoms with E-state index >= 15 is 0 Å². The molecule has 3 heteroatoms. The van der Waals surface area contributed by atoms with E-state index in [0.29, 0.717) is 0 Å². The number of hydrogen-bond acceptors (Lipinski definition) is 3. The summed E-state index contributed by atoms with van der Waals surface area (Å²) in [5, 5.41) is 2.26. The van der Waals surface area contributed by atoms with Crippen LogP contribution in [-0.4, -0.2) is 4.98 Å². The number of nitrogens with zero attached hydrogens (tertiary/aromatic N) is 2. The minimum Gasteiger partial charge on any atom is -0.455 e. The van der Waals surface area contributed by atoms with Gasteiger partial charge in [0, 0.05) is 45.2 Å². The summed E-state index contributed by atoms with van der Waals surface area (Å²) in [6.07, 6.45) is 1.84. The van der Waals surface area contributed by atoms with Crippen LogP contribution >= 0.6 is 0 Å². The zero-order valence-electron chi connectivity index (χ0n) is 31.1. The highest BCUT2D eigenvalue weighted by atomic mass is 16.3. The van der Waals surface area contributed by atoms with Crippen LogP contribution in [0.4, 0.5) is 17.1 Å². The van der Waals surface area contributed by atoms with Gasteiger partial charge in [-0.25, -0.2) is 0 Å². The maximum atomic E-state index is 6.44. The summed E-state index contributed by atoms with van der Waals surface area (Å²) in [5.74, 6) is 0. The van der Waals surface area contributed by atoms with E-state index in [9.17, 15) is 0 Å². The van der Waals surface area contributed by atoms with Crippen molar-refractivity contribution in [2.24, 2.45) is 0 Å². The number of rotatable bonds is 7. The molecule has 0 unspecified atom stereocenters. The van der Waals surface area contributed by atoms with Gasteiger partial charge in [-0.05, 0) is 93.5 Å². The van der Waals surface area contributed by atoms with E-state index in [1.54, 1.807) is 0 Å². The maximum Gasteiger partial charge on any atom is 0.143 e. The van der Waals surface area contributed by atoms with Gasteiger partial charge in [0.05, 0.1) is 11.1 Å². The fourth-order valence-electron chi connectivity index (χ4n) is 9.12. The molecule has 0 amide bonds. The molecule has 0 saturated carbocycles. The van der Waals surface area contributed by atoms with Crippen LogP contribution in [0.15, 0.2) is 223 Å². The molecule has 1 aliphatic carbocycles. The number of furan rings is 1. The van der Waals surface area contributed by atoms with Crippen molar-refractivity contribution >= 4 is 39.0 Å². The molecule has 8 aromatic carbocycles. The largest absolute Gasteiger partial charge is 0.455 e. The molecule has 0 saturated heterocycles. The van der Waals surface area contributed by atoms with Crippen LogP contribution in [0.1, 0.15) is 22.3 Å². The van der Waals surface area contributed by atoms with Gasteiger partial charge in [0.25, 0.3) is 0 Å². The summed E-state index contributed by atoms with van der Waals surface area (Å²) in [5.41, 5.74) is 16.3. The first-order valence-electron chi connectivity index (χ1n) is 19.5. The van der Waals surface area contributed by atoms with Gasteiger partial charge < -0.3 is 9.32 Å². The van der Waals surface area contributed by atoms with Crippen molar-refractivity contribution < 1.29 is 4.42 Å². The third kappa shape index (κ3) is 5.24. The second-order valence-corrected chi connectivity index (χ2v) is 14.7. The lowest BCUT2D eigenvalue weighted by Crippen LogP contribution is -2.28. The Morgan fingerprint density at radius 2 is 0.982 bits per heavy atom. The summed E-state index contributed by atoms with van der Waals surface area (Å²) < 4.78 is 6.44. The highest BCUT2D eigenvalue weighted by molar-refractivity contribution is 6.09. The van der Waals surface area contributed by atoms with Crippen LogP contribution in [0.3, 0.4) is 0 Å². The van der Waals surface area contributed by atoms with Gasteiger partial charge >= 0.3 is 0 Å². The standard InChI is InChI=1S/C54H36N2O/c1-2-14-39(15-3-1)54(49-23-7-4-18-45(49)46-19-5-8-24-50(46)54)40-16-12-17-43(36-40)56(42-33-29-38(30-34-42)51-25-10-11-35-55-51)41-31-27-37(28-32-41)44-21-13-22-48-47-20-6-9-26-52(47)57-53(44)48/h1-36H. The van der Waals surface area contributed by atoms with E-state index in [1.165, 1.54) is 33.4 Å². The van der Waals surface area contributed by atoms with Crippen LogP contribution in [0, 0.1) is 0 Å². The van der Waals surface area contributed by atoms with E-state index < -0.39 is 5.41 Å². The Labute approximate surface area is 331 Å². The Hall–Kier alpha value is -7.49. The highest BCUT2D eigenvalue weighted by Gasteiger charge is 2.46. The first-order valence-corrected chi connectivity index (χ1v) is 19.5. The van der Waals surface area contributed by atoms with Crippen molar-refractivity contribution in [1.29, 1.82) is 0 Å². The van der Waals surface area contributed by atoms with Crippen molar-refractivity contribution in [3.05, 3.63) is 241 Å². The number of benzene rings is 8. The fraction of sp³-hybridized carbons (Fsp3) is 0.0185. The number of anilines is 3. The van der Waals surface area contributed by atoms with E-state index in [-0.39, 0.29) is 0 Å². The minimum absolute atomic E-state index is 0.506. The molecule has 0 N–H and O–H groups in total. The number of fused-ring (bicyclic) bond motifs is 6. The molecular formula is C54H36N2O. The number of pyridine rings is 1. The van der Waals surface area contributed by atoms with Gasteiger partial charge in [0.2, 0.25) is 0 Å². The molecule has 0 radical (unpaired) electrons. The number of para-hydroxylation sites is 2. The van der Waals surface area contributed by atoms with Gasteiger partial charge in [-0.1, -0.05) is 158 Å². The average molecular weight is 729 g/mol. The first kappa shape index (κ1) is 32.9. The second kappa shape index (κ2) is 13.4. The van der Waals surface area contributed by atoms with Crippen LogP contribution in [0.25, 0.3) is 55.4 Å². The number of aromatic nitrogens is 1. The molecule has 10 aromatic rings. The monoisotopic (exact) mass is 728 g/mol. The Morgan fingerprint density at radius 1 is 0.404 bits per heavy atom. The van der Waals surface area contributed by atoms with Gasteiger partial charge in [-0.15, -0.1) is 0 Å². The van der Waals surface area contributed by atoms with Crippen molar-refractivity contribution in [2.75, 3.05) is 4.90 Å². The summed E-state index contributed by atoms with van der Waals surface area (Å²) >= 11 is 0. The second-order valence-electron chi connectivity index (χ2n) is 14.7. The highest BCUT2D eigenvalue weighted by Crippen LogP contribution is 2.56. The fourth-order valence-corrected chi connectivity index (χ4v) is 9.12. The average Bonchev–Trinajstić information content (AvgIpc) is 3.82. The first-order chi connectivity index (χ1) is 28.3.